The lowest BCUT2D eigenvalue weighted by molar-refractivity contribution is 0.0566. The SMILES string of the molecule is CN(C)C=NS(=O)(=O)c1c(N)ccnc1-c1cnn(C(F)F)c1. The van der Waals surface area contributed by atoms with E-state index in [1.165, 1.54) is 17.2 Å². The molecule has 2 N–H and O–H groups in total. The van der Waals surface area contributed by atoms with Crippen molar-refractivity contribution in [1.82, 2.24) is 19.7 Å². The number of anilines is 1. The molecule has 0 atom stereocenters. The van der Waals surface area contributed by atoms with Gasteiger partial charge >= 0.3 is 6.55 Å². The molecule has 0 saturated carbocycles. The molecule has 0 saturated heterocycles. The number of sulfonamides is 1. The van der Waals surface area contributed by atoms with E-state index >= 15 is 0 Å². The lowest BCUT2D eigenvalue weighted by Gasteiger charge is -2.09. The van der Waals surface area contributed by atoms with Gasteiger partial charge in [-0.3, -0.25) is 4.98 Å². The average Bonchev–Trinajstić information content (AvgIpc) is 2.94. The van der Waals surface area contributed by atoms with Gasteiger partial charge in [0.2, 0.25) is 0 Å². The number of alkyl halides is 2. The molecule has 124 valence electrons. The standard InChI is InChI=1S/C12H14F2N6O2S/c1-19(2)7-18-23(21,22)11-9(15)3-4-16-10(11)8-5-17-20(6-8)12(13)14/h3-7,12H,1-2H3,(H2,15,16). The predicted octanol–water partition coefficient (Wildman–Crippen LogP) is 1.20. The Labute approximate surface area is 131 Å². The van der Waals surface area contributed by atoms with Crippen LogP contribution in [0, 0.1) is 0 Å². The molecular formula is C12H14F2N6O2S. The molecule has 0 aliphatic carbocycles. The Morgan fingerprint density at radius 1 is 1.43 bits per heavy atom. The fourth-order valence-electron chi connectivity index (χ4n) is 1.72. The molecule has 0 amide bonds. The van der Waals surface area contributed by atoms with Gasteiger partial charge in [-0.2, -0.15) is 22.3 Å². The van der Waals surface area contributed by atoms with Crippen LogP contribution in [0.15, 0.2) is 34.0 Å². The maximum atomic E-state index is 12.6. The Bertz CT molecular complexity index is 832. The quantitative estimate of drug-likeness (QED) is 0.645. The van der Waals surface area contributed by atoms with Crippen LogP contribution in [0.1, 0.15) is 6.55 Å². The molecule has 0 bridgehead atoms. The highest BCUT2D eigenvalue weighted by Gasteiger charge is 2.24. The molecule has 0 fully saturated rings. The number of halogens is 2. The van der Waals surface area contributed by atoms with Crippen molar-refractivity contribution in [2.75, 3.05) is 19.8 Å². The van der Waals surface area contributed by atoms with Crippen molar-refractivity contribution < 1.29 is 17.2 Å². The van der Waals surface area contributed by atoms with Gasteiger partial charge in [0.1, 0.15) is 11.2 Å². The highest BCUT2D eigenvalue weighted by molar-refractivity contribution is 7.90. The Hall–Kier alpha value is -2.56. The highest BCUT2D eigenvalue weighted by atomic mass is 32.2. The summed E-state index contributed by atoms with van der Waals surface area (Å²) in [5.74, 6) is 0. The van der Waals surface area contributed by atoms with Crippen LogP contribution in [0.2, 0.25) is 0 Å². The number of nitrogens with zero attached hydrogens (tertiary/aromatic N) is 5. The number of rotatable bonds is 5. The van der Waals surface area contributed by atoms with E-state index in [0.717, 1.165) is 18.7 Å². The summed E-state index contributed by atoms with van der Waals surface area (Å²) < 4.78 is 53.9. The second-order valence-electron chi connectivity index (χ2n) is 4.72. The zero-order valence-electron chi connectivity index (χ0n) is 12.3. The summed E-state index contributed by atoms with van der Waals surface area (Å²) in [6, 6.07) is 1.29. The summed E-state index contributed by atoms with van der Waals surface area (Å²) >= 11 is 0. The molecule has 8 nitrogen and oxygen atoms in total. The number of nitrogen functional groups attached to an aromatic ring is 1. The van der Waals surface area contributed by atoms with Gasteiger partial charge in [-0.05, 0) is 6.07 Å². The summed E-state index contributed by atoms with van der Waals surface area (Å²) in [5, 5.41) is 3.46. The van der Waals surface area contributed by atoms with Crippen LogP contribution in [-0.4, -0.2) is 48.5 Å². The van der Waals surface area contributed by atoms with E-state index in [4.69, 9.17) is 5.73 Å². The number of hydrogen-bond donors (Lipinski definition) is 1. The fraction of sp³-hybridized carbons (Fsp3) is 0.250. The van der Waals surface area contributed by atoms with Crippen LogP contribution in [0.5, 0.6) is 0 Å². The van der Waals surface area contributed by atoms with E-state index in [2.05, 4.69) is 14.5 Å². The molecule has 0 aliphatic heterocycles. The zero-order valence-corrected chi connectivity index (χ0v) is 13.1. The largest absolute Gasteiger partial charge is 0.398 e. The number of hydrogen-bond acceptors (Lipinski definition) is 5. The van der Waals surface area contributed by atoms with Crippen molar-refractivity contribution in [1.29, 1.82) is 0 Å². The van der Waals surface area contributed by atoms with Gasteiger partial charge in [0.05, 0.1) is 17.6 Å². The third kappa shape index (κ3) is 3.62. The zero-order chi connectivity index (χ0) is 17.2. The van der Waals surface area contributed by atoms with Crippen LogP contribution in [0.25, 0.3) is 11.3 Å². The van der Waals surface area contributed by atoms with Crippen LogP contribution in [-0.2, 0) is 10.0 Å². The first-order chi connectivity index (χ1) is 10.7. The van der Waals surface area contributed by atoms with Gasteiger partial charge < -0.3 is 10.6 Å². The van der Waals surface area contributed by atoms with Crippen molar-refractivity contribution in [2.24, 2.45) is 4.40 Å². The van der Waals surface area contributed by atoms with E-state index < -0.39 is 16.6 Å². The van der Waals surface area contributed by atoms with Gasteiger partial charge in [-0.25, -0.2) is 4.68 Å². The third-order valence-electron chi connectivity index (χ3n) is 2.68. The topological polar surface area (TPSA) is 106 Å². The van der Waals surface area contributed by atoms with Gasteiger partial charge in [0.25, 0.3) is 10.0 Å². The average molecular weight is 344 g/mol. The molecule has 0 spiro atoms. The van der Waals surface area contributed by atoms with E-state index in [0.29, 0.717) is 4.68 Å². The van der Waals surface area contributed by atoms with Crippen molar-refractivity contribution >= 4 is 22.0 Å². The van der Waals surface area contributed by atoms with Crippen LogP contribution in [0.3, 0.4) is 0 Å². The molecule has 2 aromatic rings. The minimum atomic E-state index is -4.16. The van der Waals surface area contributed by atoms with Crippen molar-refractivity contribution in [3.8, 4) is 11.3 Å². The number of nitrogens with two attached hydrogens (primary N) is 1. The molecule has 0 unspecified atom stereocenters. The molecule has 0 radical (unpaired) electrons. The van der Waals surface area contributed by atoms with Crippen molar-refractivity contribution in [3.63, 3.8) is 0 Å². The van der Waals surface area contributed by atoms with Gasteiger partial charge in [-0.15, -0.1) is 4.40 Å². The van der Waals surface area contributed by atoms with E-state index in [9.17, 15) is 17.2 Å². The van der Waals surface area contributed by atoms with Crippen LogP contribution in [0.4, 0.5) is 14.5 Å². The Morgan fingerprint density at radius 3 is 2.70 bits per heavy atom. The third-order valence-corrected chi connectivity index (χ3v) is 4.00. The summed E-state index contributed by atoms with van der Waals surface area (Å²) in [4.78, 5) is 5.01. The maximum absolute atomic E-state index is 12.6. The Kier molecular flexibility index (Phi) is 4.59. The lowest BCUT2D eigenvalue weighted by atomic mass is 10.2. The summed E-state index contributed by atoms with van der Waals surface area (Å²) in [7, 11) is -0.967. The van der Waals surface area contributed by atoms with E-state index in [1.807, 2.05) is 0 Å². The predicted molar refractivity (Wildman–Crippen MR) is 80.5 cm³/mol. The molecule has 11 heteroatoms. The molecule has 0 aromatic carbocycles. The van der Waals surface area contributed by atoms with E-state index in [1.54, 1.807) is 14.1 Å². The van der Waals surface area contributed by atoms with Crippen molar-refractivity contribution in [2.45, 2.75) is 11.4 Å². The highest BCUT2D eigenvalue weighted by Crippen LogP contribution is 2.31. The minimum Gasteiger partial charge on any atom is -0.398 e. The fourth-order valence-corrected chi connectivity index (χ4v) is 2.91. The van der Waals surface area contributed by atoms with Crippen LogP contribution >= 0.6 is 0 Å². The Morgan fingerprint density at radius 2 is 2.13 bits per heavy atom. The van der Waals surface area contributed by atoms with Gasteiger partial charge in [0, 0.05) is 32.1 Å². The second kappa shape index (κ2) is 6.28. The molecule has 2 rings (SSSR count). The molecule has 2 aromatic heterocycles. The number of aromatic nitrogens is 3. The smallest absolute Gasteiger partial charge is 0.333 e. The first-order valence-corrected chi connectivity index (χ1v) is 7.70. The van der Waals surface area contributed by atoms with Crippen LogP contribution < -0.4 is 5.73 Å². The Balaban J connectivity index is 2.60. The first-order valence-electron chi connectivity index (χ1n) is 6.26. The van der Waals surface area contributed by atoms with Gasteiger partial charge in [-0.1, -0.05) is 0 Å². The molecule has 23 heavy (non-hydrogen) atoms. The molecular weight excluding hydrogens is 330 g/mol. The lowest BCUT2D eigenvalue weighted by Crippen LogP contribution is -2.12. The minimum absolute atomic E-state index is 0.0873. The second-order valence-corrected chi connectivity index (χ2v) is 6.29. The summed E-state index contributed by atoms with van der Waals surface area (Å²) in [6.07, 6.45) is 4.44. The molecule has 2 heterocycles. The monoisotopic (exact) mass is 344 g/mol. The molecule has 0 aliphatic rings. The normalized spacial score (nSPS) is 12.2. The van der Waals surface area contributed by atoms with Crippen molar-refractivity contribution in [3.05, 3.63) is 24.7 Å². The first kappa shape index (κ1) is 16.8. The summed E-state index contributed by atoms with van der Waals surface area (Å²) in [6.45, 7) is -2.85. The maximum Gasteiger partial charge on any atom is 0.333 e. The van der Waals surface area contributed by atoms with Gasteiger partial charge in [0.15, 0.2) is 0 Å². The number of pyridine rings is 1. The van der Waals surface area contributed by atoms with E-state index in [-0.39, 0.29) is 21.8 Å². The summed E-state index contributed by atoms with van der Waals surface area (Å²) in [5.41, 5.74) is 5.65.